The molecule has 82 valence electrons. The summed E-state index contributed by atoms with van der Waals surface area (Å²) in [6.07, 6.45) is -2.66. The van der Waals surface area contributed by atoms with Crippen LogP contribution in [0.3, 0.4) is 0 Å². The topological polar surface area (TPSA) is 3.24 Å². The molecule has 0 radical (unpaired) electrons. The Bertz CT molecular complexity index is 220. The number of hydrogen-bond acceptors (Lipinski definition) is 1. The second-order valence-corrected chi connectivity index (χ2v) is 4.02. The summed E-state index contributed by atoms with van der Waals surface area (Å²) >= 11 is 0. The van der Waals surface area contributed by atoms with E-state index in [0.29, 0.717) is 18.5 Å². The molecule has 1 heterocycles. The number of hydrogen-bond donors (Lipinski definition) is 0. The molecule has 0 amide bonds. The van der Waals surface area contributed by atoms with Crippen LogP contribution in [0.5, 0.6) is 0 Å². The Morgan fingerprint density at radius 3 is 2.36 bits per heavy atom. The molecule has 0 bridgehead atoms. The van der Waals surface area contributed by atoms with Crippen molar-refractivity contribution in [1.29, 1.82) is 0 Å². The molecular formula is C10H16F3N. The molecule has 4 heteroatoms. The van der Waals surface area contributed by atoms with Crippen molar-refractivity contribution in [3.63, 3.8) is 0 Å². The molecule has 0 saturated carbocycles. The SMILES string of the molecule is C=C1CCCC(C(F)(F)F)N1C(C)C. The van der Waals surface area contributed by atoms with E-state index in [9.17, 15) is 13.2 Å². The quantitative estimate of drug-likeness (QED) is 0.637. The number of allylic oxidation sites excluding steroid dienone is 1. The molecule has 0 aliphatic carbocycles. The van der Waals surface area contributed by atoms with Crippen LogP contribution in [-0.4, -0.2) is 23.2 Å². The highest BCUT2D eigenvalue weighted by Crippen LogP contribution is 2.36. The lowest BCUT2D eigenvalue weighted by molar-refractivity contribution is -0.188. The minimum atomic E-state index is -4.13. The second kappa shape index (κ2) is 3.83. The zero-order valence-corrected chi connectivity index (χ0v) is 8.56. The number of likely N-dealkylation sites (tertiary alicyclic amines) is 1. The molecule has 0 aromatic heterocycles. The third-order valence-electron chi connectivity index (χ3n) is 2.58. The molecule has 1 aliphatic rings. The van der Waals surface area contributed by atoms with Crippen LogP contribution in [0.4, 0.5) is 13.2 Å². The van der Waals surface area contributed by atoms with E-state index >= 15 is 0 Å². The van der Waals surface area contributed by atoms with E-state index in [1.54, 1.807) is 13.8 Å². The maximum absolute atomic E-state index is 12.6. The van der Waals surface area contributed by atoms with Gasteiger partial charge in [-0.1, -0.05) is 6.58 Å². The fourth-order valence-electron chi connectivity index (χ4n) is 2.03. The molecule has 1 fully saturated rings. The first kappa shape index (κ1) is 11.4. The molecule has 0 aromatic carbocycles. The predicted octanol–water partition coefficient (Wildman–Crippen LogP) is 3.33. The van der Waals surface area contributed by atoms with Gasteiger partial charge in [0, 0.05) is 11.7 Å². The Balaban J connectivity index is 2.86. The average molecular weight is 207 g/mol. The summed E-state index contributed by atoms with van der Waals surface area (Å²) in [7, 11) is 0. The van der Waals surface area contributed by atoms with E-state index < -0.39 is 12.2 Å². The molecule has 0 aromatic rings. The van der Waals surface area contributed by atoms with E-state index in [-0.39, 0.29) is 12.5 Å². The van der Waals surface area contributed by atoms with Crippen molar-refractivity contribution in [3.8, 4) is 0 Å². The Morgan fingerprint density at radius 1 is 1.43 bits per heavy atom. The zero-order valence-electron chi connectivity index (χ0n) is 8.56. The van der Waals surface area contributed by atoms with Gasteiger partial charge in [-0.15, -0.1) is 0 Å². The number of rotatable bonds is 1. The number of piperidine rings is 1. The molecule has 1 nitrogen and oxygen atoms in total. The maximum atomic E-state index is 12.6. The molecule has 0 N–H and O–H groups in total. The number of halogens is 3. The van der Waals surface area contributed by atoms with Gasteiger partial charge in [-0.25, -0.2) is 0 Å². The van der Waals surface area contributed by atoms with Gasteiger partial charge in [0.05, 0.1) is 0 Å². The van der Waals surface area contributed by atoms with Crippen LogP contribution in [0.25, 0.3) is 0 Å². The fourth-order valence-corrected chi connectivity index (χ4v) is 2.03. The van der Waals surface area contributed by atoms with E-state index in [2.05, 4.69) is 6.58 Å². The molecule has 0 spiro atoms. The lowest BCUT2D eigenvalue weighted by Crippen LogP contribution is -2.50. The summed E-state index contributed by atoms with van der Waals surface area (Å²) in [4.78, 5) is 1.41. The first-order valence-corrected chi connectivity index (χ1v) is 4.87. The van der Waals surface area contributed by atoms with Crippen molar-refractivity contribution in [2.24, 2.45) is 0 Å². The van der Waals surface area contributed by atoms with Crippen molar-refractivity contribution >= 4 is 0 Å². The van der Waals surface area contributed by atoms with Crippen molar-refractivity contribution in [2.45, 2.75) is 51.4 Å². The van der Waals surface area contributed by atoms with Gasteiger partial charge in [0.1, 0.15) is 6.04 Å². The van der Waals surface area contributed by atoms with Gasteiger partial charge in [0.15, 0.2) is 0 Å². The van der Waals surface area contributed by atoms with Crippen LogP contribution in [-0.2, 0) is 0 Å². The van der Waals surface area contributed by atoms with E-state index in [4.69, 9.17) is 0 Å². The fraction of sp³-hybridized carbons (Fsp3) is 0.800. The molecule has 1 aliphatic heterocycles. The molecule has 14 heavy (non-hydrogen) atoms. The van der Waals surface area contributed by atoms with Gasteiger partial charge < -0.3 is 4.90 Å². The highest BCUT2D eigenvalue weighted by Gasteiger charge is 2.45. The van der Waals surface area contributed by atoms with Crippen LogP contribution in [0.1, 0.15) is 33.1 Å². The number of nitrogens with zero attached hydrogens (tertiary/aromatic N) is 1. The Hall–Kier alpha value is -0.670. The van der Waals surface area contributed by atoms with Crippen LogP contribution in [0, 0.1) is 0 Å². The van der Waals surface area contributed by atoms with Crippen LogP contribution >= 0.6 is 0 Å². The maximum Gasteiger partial charge on any atom is 0.408 e. The summed E-state index contributed by atoms with van der Waals surface area (Å²) in [6.45, 7) is 7.25. The third-order valence-corrected chi connectivity index (χ3v) is 2.58. The predicted molar refractivity (Wildman–Crippen MR) is 49.8 cm³/mol. The highest BCUT2D eigenvalue weighted by molar-refractivity contribution is 5.04. The van der Waals surface area contributed by atoms with Gasteiger partial charge in [0.2, 0.25) is 0 Å². The van der Waals surface area contributed by atoms with Gasteiger partial charge in [-0.05, 0) is 33.1 Å². The van der Waals surface area contributed by atoms with Crippen LogP contribution in [0.15, 0.2) is 12.3 Å². The normalized spacial score (nSPS) is 24.6. The van der Waals surface area contributed by atoms with E-state index in [1.165, 1.54) is 4.90 Å². The first-order valence-electron chi connectivity index (χ1n) is 4.87. The van der Waals surface area contributed by atoms with Gasteiger partial charge in [-0.3, -0.25) is 0 Å². The summed E-state index contributed by atoms with van der Waals surface area (Å²) in [6, 6.07) is -1.46. The lowest BCUT2D eigenvalue weighted by Gasteiger charge is -2.42. The standard InChI is InChI=1S/C10H16F3N/c1-7(2)14-8(3)5-4-6-9(14)10(11,12)13/h7,9H,3-6H2,1-2H3. The minimum Gasteiger partial charge on any atom is -0.361 e. The molecule has 1 atom stereocenters. The summed E-state index contributed by atoms with van der Waals surface area (Å²) in [5.74, 6) is 0. The number of alkyl halides is 3. The molecule has 1 saturated heterocycles. The van der Waals surface area contributed by atoms with Crippen LogP contribution in [0.2, 0.25) is 0 Å². The zero-order chi connectivity index (χ0) is 10.9. The summed E-state index contributed by atoms with van der Waals surface area (Å²) < 4.78 is 37.9. The summed E-state index contributed by atoms with van der Waals surface area (Å²) in [5, 5.41) is 0. The van der Waals surface area contributed by atoms with Crippen molar-refractivity contribution in [2.75, 3.05) is 0 Å². The first-order chi connectivity index (χ1) is 6.34. The van der Waals surface area contributed by atoms with Crippen LogP contribution < -0.4 is 0 Å². The van der Waals surface area contributed by atoms with Crippen molar-refractivity contribution < 1.29 is 13.2 Å². The second-order valence-electron chi connectivity index (χ2n) is 4.02. The Kier molecular flexibility index (Phi) is 3.12. The van der Waals surface area contributed by atoms with Gasteiger partial charge in [0.25, 0.3) is 0 Å². The monoisotopic (exact) mass is 207 g/mol. The average Bonchev–Trinajstić information content (AvgIpc) is 2.01. The van der Waals surface area contributed by atoms with Gasteiger partial charge in [-0.2, -0.15) is 13.2 Å². The molecular weight excluding hydrogens is 191 g/mol. The largest absolute Gasteiger partial charge is 0.408 e. The minimum absolute atomic E-state index is 0.130. The van der Waals surface area contributed by atoms with E-state index in [0.717, 1.165) is 0 Å². The highest BCUT2D eigenvalue weighted by atomic mass is 19.4. The van der Waals surface area contributed by atoms with Crippen molar-refractivity contribution in [3.05, 3.63) is 12.3 Å². The third kappa shape index (κ3) is 2.22. The van der Waals surface area contributed by atoms with Crippen molar-refractivity contribution in [1.82, 2.24) is 4.90 Å². The Morgan fingerprint density at radius 2 is 2.00 bits per heavy atom. The van der Waals surface area contributed by atoms with E-state index in [1.807, 2.05) is 0 Å². The summed E-state index contributed by atoms with van der Waals surface area (Å²) in [5.41, 5.74) is 0.619. The Labute approximate surface area is 82.6 Å². The smallest absolute Gasteiger partial charge is 0.361 e. The molecule has 1 unspecified atom stereocenters. The van der Waals surface area contributed by atoms with Gasteiger partial charge >= 0.3 is 6.18 Å². The lowest BCUT2D eigenvalue weighted by atomic mass is 9.97. The molecule has 1 rings (SSSR count).